The van der Waals surface area contributed by atoms with Crippen LogP contribution in [0.4, 0.5) is 22.0 Å². The Bertz CT molecular complexity index is 1520. The Labute approximate surface area is 237 Å². The van der Waals surface area contributed by atoms with Crippen molar-refractivity contribution >= 4 is 40.2 Å². The average molecular weight is 559 g/mol. The Morgan fingerprint density at radius 1 is 1.07 bits per heavy atom. The number of ether oxygens (including phenoxy) is 2. The lowest BCUT2D eigenvalue weighted by molar-refractivity contribution is -0.123. The number of nitrogens with zero attached hydrogens (tertiary/aromatic N) is 4. The summed E-state index contributed by atoms with van der Waals surface area (Å²) in [5, 5.41) is 13.5. The Morgan fingerprint density at radius 3 is 2.56 bits per heavy atom. The number of fused-ring (bicyclic) bond motifs is 1. The van der Waals surface area contributed by atoms with Gasteiger partial charge in [-0.2, -0.15) is 5.10 Å². The van der Waals surface area contributed by atoms with Crippen LogP contribution in [0, 0.1) is 0 Å². The highest BCUT2D eigenvalue weighted by atomic mass is 16.6. The van der Waals surface area contributed by atoms with Crippen LogP contribution in [0.3, 0.4) is 0 Å². The SMILES string of the molecule is CC(C)(C)OC(=O)NC1(C(=O)Nc2c(N)cccc2OCc2ccccc2)CCN(c2ncnc3[nH]ncc23)CC1. The number of carbonyl (C=O) groups is 2. The van der Waals surface area contributed by atoms with Crippen LogP contribution in [0.2, 0.25) is 0 Å². The fourth-order valence-electron chi connectivity index (χ4n) is 4.78. The molecule has 1 fully saturated rings. The summed E-state index contributed by atoms with van der Waals surface area (Å²) in [7, 11) is 0. The molecule has 2 aromatic carbocycles. The summed E-state index contributed by atoms with van der Waals surface area (Å²) in [5.74, 6) is 0.718. The van der Waals surface area contributed by atoms with Gasteiger partial charge in [-0.05, 0) is 51.3 Å². The molecule has 12 heteroatoms. The fourth-order valence-corrected chi connectivity index (χ4v) is 4.78. The van der Waals surface area contributed by atoms with E-state index in [1.807, 2.05) is 35.2 Å². The van der Waals surface area contributed by atoms with Crippen LogP contribution in [0.25, 0.3) is 11.0 Å². The number of nitrogen functional groups attached to an aromatic ring is 1. The maximum absolute atomic E-state index is 14.0. The van der Waals surface area contributed by atoms with Crippen molar-refractivity contribution in [2.75, 3.05) is 29.0 Å². The van der Waals surface area contributed by atoms with E-state index < -0.39 is 23.1 Å². The van der Waals surface area contributed by atoms with E-state index in [0.717, 1.165) is 10.9 Å². The van der Waals surface area contributed by atoms with Gasteiger partial charge in [0.05, 0.1) is 17.3 Å². The van der Waals surface area contributed by atoms with Crippen molar-refractivity contribution in [2.24, 2.45) is 0 Å². The molecule has 2 aromatic heterocycles. The fraction of sp³-hybridized carbons (Fsp3) is 0.345. The summed E-state index contributed by atoms with van der Waals surface area (Å²) >= 11 is 0. The van der Waals surface area contributed by atoms with Crippen molar-refractivity contribution in [3.8, 4) is 5.75 Å². The smallest absolute Gasteiger partial charge is 0.408 e. The number of aromatic amines is 1. The van der Waals surface area contributed by atoms with Gasteiger partial charge in [-0.1, -0.05) is 36.4 Å². The third-order valence-corrected chi connectivity index (χ3v) is 6.85. The van der Waals surface area contributed by atoms with Gasteiger partial charge < -0.3 is 30.7 Å². The molecule has 0 bridgehead atoms. The minimum Gasteiger partial charge on any atom is -0.487 e. The lowest BCUT2D eigenvalue weighted by atomic mass is 9.86. The molecule has 1 saturated heterocycles. The maximum atomic E-state index is 14.0. The number of alkyl carbamates (subject to hydrolysis) is 1. The Balaban J connectivity index is 1.38. The Hall–Kier alpha value is -4.87. The van der Waals surface area contributed by atoms with Gasteiger partial charge in [0.2, 0.25) is 0 Å². The van der Waals surface area contributed by atoms with Gasteiger partial charge in [-0.15, -0.1) is 0 Å². The number of anilines is 3. The van der Waals surface area contributed by atoms with Crippen LogP contribution in [-0.4, -0.2) is 56.4 Å². The van der Waals surface area contributed by atoms with Crippen molar-refractivity contribution in [1.82, 2.24) is 25.5 Å². The number of benzene rings is 2. The highest BCUT2D eigenvalue weighted by Crippen LogP contribution is 2.35. The molecule has 0 spiro atoms. The number of nitrogens with two attached hydrogens (primary N) is 1. The summed E-state index contributed by atoms with van der Waals surface area (Å²) in [6.07, 6.45) is 3.04. The number of para-hydroxylation sites is 1. The van der Waals surface area contributed by atoms with E-state index in [-0.39, 0.29) is 12.8 Å². The van der Waals surface area contributed by atoms with Gasteiger partial charge in [-0.25, -0.2) is 14.8 Å². The third kappa shape index (κ3) is 6.32. The second-order valence-corrected chi connectivity index (χ2v) is 11.0. The van der Waals surface area contributed by atoms with Gasteiger partial charge in [-0.3, -0.25) is 9.89 Å². The van der Waals surface area contributed by atoms with E-state index >= 15 is 0 Å². The van der Waals surface area contributed by atoms with E-state index in [2.05, 4.69) is 30.8 Å². The molecule has 0 saturated carbocycles. The molecule has 12 nitrogen and oxygen atoms in total. The van der Waals surface area contributed by atoms with Gasteiger partial charge in [0, 0.05) is 13.1 Å². The molecule has 4 aromatic rings. The molecule has 214 valence electrons. The number of carbonyl (C=O) groups excluding carboxylic acids is 2. The summed E-state index contributed by atoms with van der Waals surface area (Å²) in [5.41, 5.74) is 6.57. The first-order valence-electron chi connectivity index (χ1n) is 13.4. The van der Waals surface area contributed by atoms with Crippen molar-refractivity contribution < 1.29 is 19.1 Å². The van der Waals surface area contributed by atoms with Crippen LogP contribution in [0.1, 0.15) is 39.2 Å². The molecule has 5 rings (SSSR count). The molecule has 41 heavy (non-hydrogen) atoms. The molecular formula is C29H34N8O4. The maximum Gasteiger partial charge on any atom is 0.408 e. The molecule has 0 radical (unpaired) electrons. The van der Waals surface area contributed by atoms with Crippen LogP contribution >= 0.6 is 0 Å². The second kappa shape index (κ2) is 11.3. The van der Waals surface area contributed by atoms with Crippen molar-refractivity contribution in [1.29, 1.82) is 0 Å². The number of rotatable bonds is 7. The summed E-state index contributed by atoms with van der Waals surface area (Å²) in [6.45, 7) is 6.48. The third-order valence-electron chi connectivity index (χ3n) is 6.85. The standard InChI is InChI=1S/C29H34N8O4/c1-28(2,3)41-27(39)35-29(12-14-37(15-13-29)25-20-16-33-36-24(20)31-18-32-25)26(38)34-23-21(30)10-7-11-22(23)40-17-19-8-5-4-6-9-19/h4-11,16,18H,12-15,17,30H2,1-3H3,(H,34,38)(H,35,39)(H,31,32,33,36). The number of hydrogen-bond donors (Lipinski definition) is 4. The molecule has 1 aliphatic heterocycles. The second-order valence-electron chi connectivity index (χ2n) is 11.0. The molecular weight excluding hydrogens is 524 g/mol. The first kappa shape index (κ1) is 27.7. The van der Waals surface area contributed by atoms with Crippen LogP contribution < -0.4 is 26.0 Å². The number of nitrogens with one attached hydrogen (secondary N) is 3. The summed E-state index contributed by atoms with van der Waals surface area (Å²) in [6, 6.07) is 14.9. The summed E-state index contributed by atoms with van der Waals surface area (Å²) < 4.78 is 11.6. The van der Waals surface area contributed by atoms with Crippen molar-refractivity contribution in [2.45, 2.75) is 51.4 Å². The molecule has 3 heterocycles. The molecule has 0 aliphatic carbocycles. The van der Waals surface area contributed by atoms with Crippen molar-refractivity contribution in [3.05, 3.63) is 66.6 Å². The topological polar surface area (TPSA) is 160 Å². The molecule has 5 N–H and O–H groups in total. The van der Waals surface area contributed by atoms with E-state index in [1.165, 1.54) is 6.33 Å². The quantitative estimate of drug-likeness (QED) is 0.246. The lowest BCUT2D eigenvalue weighted by Gasteiger charge is -2.41. The summed E-state index contributed by atoms with van der Waals surface area (Å²) in [4.78, 5) is 37.7. The molecule has 2 amide bonds. The normalized spacial score (nSPS) is 14.9. The number of aromatic nitrogens is 4. The molecule has 1 aliphatic rings. The highest BCUT2D eigenvalue weighted by Gasteiger charge is 2.44. The average Bonchev–Trinajstić information content (AvgIpc) is 3.42. The van der Waals surface area contributed by atoms with E-state index in [1.54, 1.807) is 45.2 Å². The monoisotopic (exact) mass is 558 g/mol. The molecule has 0 atom stereocenters. The predicted octanol–water partition coefficient (Wildman–Crippen LogP) is 4.02. The minimum atomic E-state index is -1.28. The van der Waals surface area contributed by atoms with E-state index in [9.17, 15) is 9.59 Å². The predicted molar refractivity (Wildman–Crippen MR) is 155 cm³/mol. The van der Waals surface area contributed by atoms with Gasteiger partial charge in [0.1, 0.15) is 41.3 Å². The zero-order valence-corrected chi connectivity index (χ0v) is 23.3. The largest absolute Gasteiger partial charge is 0.487 e. The zero-order valence-electron chi connectivity index (χ0n) is 23.3. The van der Waals surface area contributed by atoms with Crippen LogP contribution in [-0.2, 0) is 16.1 Å². The van der Waals surface area contributed by atoms with E-state index in [0.29, 0.717) is 48.3 Å². The van der Waals surface area contributed by atoms with Gasteiger partial charge >= 0.3 is 6.09 Å². The van der Waals surface area contributed by atoms with Gasteiger partial charge in [0.25, 0.3) is 5.91 Å². The van der Waals surface area contributed by atoms with E-state index in [4.69, 9.17) is 15.2 Å². The number of hydrogen-bond acceptors (Lipinski definition) is 9. The highest BCUT2D eigenvalue weighted by molar-refractivity contribution is 6.03. The Morgan fingerprint density at radius 2 is 1.83 bits per heavy atom. The first-order valence-corrected chi connectivity index (χ1v) is 13.4. The van der Waals surface area contributed by atoms with Crippen LogP contribution in [0.5, 0.6) is 5.75 Å². The number of amides is 2. The van der Waals surface area contributed by atoms with Gasteiger partial charge in [0.15, 0.2) is 5.65 Å². The zero-order chi connectivity index (χ0) is 29.0. The lowest BCUT2D eigenvalue weighted by Crippen LogP contribution is -2.62. The first-order chi connectivity index (χ1) is 19.6. The molecule has 0 unspecified atom stereocenters. The minimum absolute atomic E-state index is 0.286. The van der Waals surface area contributed by atoms with Crippen LogP contribution in [0.15, 0.2) is 61.1 Å². The number of piperidine rings is 1. The Kier molecular flexibility index (Phi) is 7.64. The van der Waals surface area contributed by atoms with Crippen molar-refractivity contribution in [3.63, 3.8) is 0 Å². The number of H-pyrrole nitrogens is 1.